The SMILES string of the molecule is COCCOc1cccc(C(=O)NC2(C(=O)O)CCCC2)c1. The second-order valence-electron chi connectivity index (χ2n) is 5.42. The number of hydrogen-bond acceptors (Lipinski definition) is 4. The van der Waals surface area contributed by atoms with Gasteiger partial charge in [0.15, 0.2) is 0 Å². The topological polar surface area (TPSA) is 84.9 Å². The summed E-state index contributed by atoms with van der Waals surface area (Å²) in [6.07, 6.45) is 2.57. The molecule has 0 bridgehead atoms. The fourth-order valence-corrected chi connectivity index (χ4v) is 2.63. The molecule has 0 aliphatic heterocycles. The summed E-state index contributed by atoms with van der Waals surface area (Å²) in [5, 5.41) is 12.1. The van der Waals surface area contributed by atoms with E-state index in [1.54, 1.807) is 31.4 Å². The highest BCUT2D eigenvalue weighted by atomic mass is 16.5. The molecule has 1 aliphatic carbocycles. The summed E-state index contributed by atoms with van der Waals surface area (Å²) in [5.41, 5.74) is -0.744. The fraction of sp³-hybridized carbons (Fsp3) is 0.500. The average molecular weight is 307 g/mol. The molecule has 1 aliphatic rings. The monoisotopic (exact) mass is 307 g/mol. The molecule has 1 amide bonds. The summed E-state index contributed by atoms with van der Waals surface area (Å²) >= 11 is 0. The first-order chi connectivity index (χ1) is 10.6. The van der Waals surface area contributed by atoms with Crippen molar-refractivity contribution >= 4 is 11.9 Å². The van der Waals surface area contributed by atoms with E-state index >= 15 is 0 Å². The van der Waals surface area contributed by atoms with Crippen molar-refractivity contribution in [3.05, 3.63) is 29.8 Å². The summed E-state index contributed by atoms with van der Waals surface area (Å²) in [6.45, 7) is 0.846. The highest BCUT2D eigenvalue weighted by Gasteiger charge is 2.42. The Morgan fingerprint density at radius 3 is 2.64 bits per heavy atom. The predicted octanol–water partition coefficient (Wildman–Crippen LogP) is 1.84. The third kappa shape index (κ3) is 3.76. The number of amides is 1. The molecule has 0 radical (unpaired) electrons. The largest absolute Gasteiger partial charge is 0.491 e. The minimum absolute atomic E-state index is 0.388. The molecule has 0 aromatic heterocycles. The number of methoxy groups -OCH3 is 1. The van der Waals surface area contributed by atoms with E-state index in [0.717, 1.165) is 12.8 Å². The van der Waals surface area contributed by atoms with Gasteiger partial charge in [0.05, 0.1) is 6.61 Å². The smallest absolute Gasteiger partial charge is 0.329 e. The van der Waals surface area contributed by atoms with Crippen LogP contribution in [0.3, 0.4) is 0 Å². The van der Waals surface area contributed by atoms with Crippen molar-refractivity contribution in [1.29, 1.82) is 0 Å². The molecule has 1 aromatic carbocycles. The number of carboxylic acid groups (broad SMARTS) is 1. The third-order valence-corrected chi connectivity index (χ3v) is 3.87. The molecule has 0 heterocycles. The van der Waals surface area contributed by atoms with Gasteiger partial charge in [-0.15, -0.1) is 0 Å². The summed E-state index contributed by atoms with van der Waals surface area (Å²) in [7, 11) is 1.58. The summed E-state index contributed by atoms with van der Waals surface area (Å²) < 4.78 is 10.4. The number of aliphatic carboxylic acids is 1. The maximum atomic E-state index is 12.3. The van der Waals surface area contributed by atoms with Gasteiger partial charge < -0.3 is 19.9 Å². The maximum absolute atomic E-state index is 12.3. The molecule has 1 fully saturated rings. The lowest BCUT2D eigenvalue weighted by Gasteiger charge is -2.25. The predicted molar refractivity (Wildman–Crippen MR) is 80.1 cm³/mol. The van der Waals surface area contributed by atoms with Crippen molar-refractivity contribution in [2.45, 2.75) is 31.2 Å². The van der Waals surface area contributed by atoms with Gasteiger partial charge in [-0.1, -0.05) is 18.9 Å². The van der Waals surface area contributed by atoms with E-state index in [-0.39, 0.29) is 5.91 Å². The summed E-state index contributed by atoms with van der Waals surface area (Å²) in [5.74, 6) is -0.798. The van der Waals surface area contributed by atoms with E-state index in [2.05, 4.69) is 5.32 Å². The minimum Gasteiger partial charge on any atom is -0.491 e. The fourth-order valence-electron chi connectivity index (χ4n) is 2.63. The van der Waals surface area contributed by atoms with Gasteiger partial charge in [0.2, 0.25) is 0 Å². The molecule has 2 N–H and O–H groups in total. The quantitative estimate of drug-likeness (QED) is 0.751. The van der Waals surface area contributed by atoms with Crippen molar-refractivity contribution in [3.63, 3.8) is 0 Å². The standard InChI is InChI=1S/C16H21NO5/c1-21-9-10-22-13-6-4-5-12(11-13)14(18)17-16(15(19)20)7-2-3-8-16/h4-6,11H,2-3,7-10H2,1H3,(H,17,18)(H,19,20). The Morgan fingerprint density at radius 1 is 1.27 bits per heavy atom. The normalized spacial score (nSPS) is 16.2. The van der Waals surface area contributed by atoms with Gasteiger partial charge in [-0.3, -0.25) is 4.79 Å². The molecule has 0 atom stereocenters. The second-order valence-corrected chi connectivity index (χ2v) is 5.42. The van der Waals surface area contributed by atoms with Gasteiger partial charge in [0.1, 0.15) is 17.9 Å². The van der Waals surface area contributed by atoms with Crippen LogP contribution in [0, 0.1) is 0 Å². The molecule has 6 heteroatoms. The molecule has 6 nitrogen and oxygen atoms in total. The van der Waals surface area contributed by atoms with Gasteiger partial charge in [-0.25, -0.2) is 4.79 Å². The van der Waals surface area contributed by atoms with Crippen molar-refractivity contribution in [1.82, 2.24) is 5.32 Å². The van der Waals surface area contributed by atoms with E-state index in [1.807, 2.05) is 0 Å². The van der Waals surface area contributed by atoms with E-state index in [0.29, 0.717) is 37.4 Å². The van der Waals surface area contributed by atoms with E-state index in [4.69, 9.17) is 9.47 Å². The highest BCUT2D eigenvalue weighted by molar-refractivity contribution is 5.98. The Morgan fingerprint density at radius 2 is 2.00 bits per heavy atom. The van der Waals surface area contributed by atoms with E-state index in [1.165, 1.54) is 0 Å². The van der Waals surface area contributed by atoms with Crippen LogP contribution in [0.1, 0.15) is 36.0 Å². The van der Waals surface area contributed by atoms with Crippen LogP contribution in [0.15, 0.2) is 24.3 Å². The minimum atomic E-state index is -1.13. The Hall–Kier alpha value is -2.08. The van der Waals surface area contributed by atoms with Gasteiger partial charge in [-0.05, 0) is 31.0 Å². The van der Waals surface area contributed by atoms with E-state index < -0.39 is 11.5 Å². The zero-order valence-electron chi connectivity index (χ0n) is 12.6. The van der Waals surface area contributed by atoms with Gasteiger partial charge >= 0.3 is 5.97 Å². The highest BCUT2D eigenvalue weighted by Crippen LogP contribution is 2.30. The van der Waals surface area contributed by atoms with Crippen LogP contribution >= 0.6 is 0 Å². The number of hydrogen-bond donors (Lipinski definition) is 2. The summed E-state index contributed by atoms with van der Waals surface area (Å²) in [6, 6.07) is 6.70. The Labute approximate surface area is 129 Å². The van der Waals surface area contributed by atoms with Crippen molar-refractivity contribution in [2.24, 2.45) is 0 Å². The summed E-state index contributed by atoms with van der Waals surface area (Å²) in [4.78, 5) is 23.8. The molecule has 0 spiro atoms. The Balaban J connectivity index is 2.05. The molecule has 1 aromatic rings. The molecular formula is C16H21NO5. The molecular weight excluding hydrogens is 286 g/mol. The van der Waals surface area contributed by atoms with Crippen molar-refractivity contribution in [3.8, 4) is 5.75 Å². The number of carbonyl (C=O) groups excluding carboxylic acids is 1. The third-order valence-electron chi connectivity index (χ3n) is 3.87. The molecule has 2 rings (SSSR count). The number of nitrogens with one attached hydrogen (secondary N) is 1. The van der Waals surface area contributed by atoms with E-state index in [9.17, 15) is 14.7 Å². The van der Waals surface area contributed by atoms with Crippen molar-refractivity contribution < 1.29 is 24.2 Å². The molecule has 0 unspecified atom stereocenters. The van der Waals surface area contributed by atoms with Crippen LogP contribution in [-0.4, -0.2) is 42.8 Å². The first kappa shape index (κ1) is 16.3. The molecule has 0 saturated heterocycles. The maximum Gasteiger partial charge on any atom is 0.329 e. The molecule has 120 valence electrons. The number of rotatable bonds is 7. The van der Waals surface area contributed by atoms with Crippen LogP contribution in [0.4, 0.5) is 0 Å². The van der Waals surface area contributed by atoms with Crippen LogP contribution in [0.25, 0.3) is 0 Å². The lowest BCUT2D eigenvalue weighted by molar-refractivity contribution is -0.144. The van der Waals surface area contributed by atoms with Crippen LogP contribution < -0.4 is 10.1 Å². The lowest BCUT2D eigenvalue weighted by Crippen LogP contribution is -2.52. The van der Waals surface area contributed by atoms with Gasteiger partial charge in [0, 0.05) is 12.7 Å². The zero-order valence-corrected chi connectivity index (χ0v) is 12.6. The van der Waals surface area contributed by atoms with Crippen LogP contribution in [0.5, 0.6) is 5.75 Å². The second kappa shape index (κ2) is 7.26. The number of benzene rings is 1. The van der Waals surface area contributed by atoms with Crippen LogP contribution in [-0.2, 0) is 9.53 Å². The first-order valence-corrected chi connectivity index (χ1v) is 7.35. The first-order valence-electron chi connectivity index (χ1n) is 7.35. The Kier molecular flexibility index (Phi) is 5.38. The Bertz CT molecular complexity index is 537. The molecule has 1 saturated carbocycles. The number of ether oxygens (including phenoxy) is 2. The van der Waals surface area contributed by atoms with Gasteiger partial charge in [0.25, 0.3) is 5.91 Å². The lowest BCUT2D eigenvalue weighted by atomic mass is 9.97. The van der Waals surface area contributed by atoms with Crippen LogP contribution in [0.2, 0.25) is 0 Å². The molecule has 22 heavy (non-hydrogen) atoms. The van der Waals surface area contributed by atoms with Crippen molar-refractivity contribution in [2.75, 3.05) is 20.3 Å². The number of carbonyl (C=O) groups is 2. The number of carboxylic acids is 1. The zero-order chi connectivity index (χ0) is 16.0. The van der Waals surface area contributed by atoms with Gasteiger partial charge in [-0.2, -0.15) is 0 Å². The average Bonchev–Trinajstić information content (AvgIpc) is 2.98.